The first-order chi connectivity index (χ1) is 13.8. The molecule has 2 aliphatic rings. The monoisotopic (exact) mass is 391 g/mol. The smallest absolute Gasteiger partial charge is 0.243 e. The van der Waals surface area contributed by atoms with Gasteiger partial charge in [-0.3, -0.25) is 9.59 Å². The van der Waals surface area contributed by atoms with E-state index in [-0.39, 0.29) is 23.4 Å². The van der Waals surface area contributed by atoms with Gasteiger partial charge in [0.15, 0.2) is 0 Å². The molecule has 0 saturated carbocycles. The van der Waals surface area contributed by atoms with Gasteiger partial charge in [0.1, 0.15) is 6.04 Å². The average Bonchev–Trinajstić information content (AvgIpc) is 2.70. The molecular formula is C24H29N3O2. The Bertz CT molecular complexity index is 932. The van der Waals surface area contributed by atoms with Crippen molar-refractivity contribution < 1.29 is 9.59 Å². The summed E-state index contributed by atoms with van der Waals surface area (Å²) in [5, 5.41) is 6.45. The number of fused-ring (bicyclic) bond motifs is 2. The summed E-state index contributed by atoms with van der Waals surface area (Å²) in [6.45, 7) is 7.04. The third-order valence-electron chi connectivity index (χ3n) is 5.71. The Morgan fingerprint density at radius 3 is 2.17 bits per heavy atom. The fourth-order valence-electron chi connectivity index (χ4n) is 4.27. The number of nitrogens with zero attached hydrogens (tertiary/aromatic N) is 1. The highest BCUT2D eigenvalue weighted by Gasteiger charge is 2.39. The molecule has 29 heavy (non-hydrogen) atoms. The number of carbonyl (C=O) groups excluding carboxylic acids is 2. The number of amides is 2. The Morgan fingerprint density at radius 2 is 1.52 bits per heavy atom. The van der Waals surface area contributed by atoms with Crippen LogP contribution in [-0.2, 0) is 35.5 Å². The van der Waals surface area contributed by atoms with Crippen LogP contribution in [0.2, 0.25) is 0 Å². The lowest BCUT2D eigenvalue weighted by molar-refractivity contribution is -0.144. The minimum absolute atomic E-state index is 0.00284. The molecule has 0 saturated heterocycles. The van der Waals surface area contributed by atoms with Gasteiger partial charge in [0.25, 0.3) is 0 Å². The van der Waals surface area contributed by atoms with Gasteiger partial charge in [-0.05, 0) is 49.4 Å². The van der Waals surface area contributed by atoms with Gasteiger partial charge in [-0.15, -0.1) is 0 Å². The Balaban J connectivity index is 1.60. The van der Waals surface area contributed by atoms with Crippen LogP contribution < -0.4 is 10.6 Å². The van der Waals surface area contributed by atoms with Crippen molar-refractivity contribution in [1.29, 1.82) is 0 Å². The Hall–Kier alpha value is -2.66. The lowest BCUT2D eigenvalue weighted by Crippen LogP contribution is -2.59. The number of hydrogen-bond donors (Lipinski definition) is 2. The van der Waals surface area contributed by atoms with Gasteiger partial charge in [0.2, 0.25) is 11.8 Å². The molecule has 0 aromatic heterocycles. The highest BCUT2D eigenvalue weighted by molar-refractivity contribution is 5.91. The van der Waals surface area contributed by atoms with E-state index in [4.69, 9.17) is 0 Å². The van der Waals surface area contributed by atoms with Crippen molar-refractivity contribution >= 4 is 11.8 Å². The zero-order chi connectivity index (χ0) is 20.6. The fraction of sp³-hybridized carbons (Fsp3) is 0.417. The minimum Gasteiger partial charge on any atom is -0.350 e. The molecule has 0 radical (unpaired) electrons. The van der Waals surface area contributed by atoms with Crippen LogP contribution in [0.5, 0.6) is 0 Å². The van der Waals surface area contributed by atoms with Gasteiger partial charge in [-0.1, -0.05) is 48.5 Å². The topological polar surface area (TPSA) is 61.4 Å². The van der Waals surface area contributed by atoms with Crippen LogP contribution >= 0.6 is 0 Å². The molecule has 0 spiro atoms. The van der Waals surface area contributed by atoms with Gasteiger partial charge in [-0.2, -0.15) is 0 Å². The molecule has 152 valence electrons. The maximum absolute atomic E-state index is 13.5. The molecule has 0 aliphatic carbocycles. The molecule has 5 nitrogen and oxygen atoms in total. The fourth-order valence-corrected chi connectivity index (χ4v) is 4.27. The Labute approximate surface area is 172 Å². The average molecular weight is 392 g/mol. The molecule has 2 aromatic rings. The summed E-state index contributed by atoms with van der Waals surface area (Å²) in [6.07, 6.45) is 1.20. The number of rotatable bonds is 2. The van der Waals surface area contributed by atoms with E-state index in [2.05, 4.69) is 34.9 Å². The van der Waals surface area contributed by atoms with E-state index >= 15 is 0 Å². The van der Waals surface area contributed by atoms with Crippen molar-refractivity contribution in [3.8, 4) is 0 Å². The van der Waals surface area contributed by atoms with Crippen LogP contribution in [0.25, 0.3) is 0 Å². The van der Waals surface area contributed by atoms with E-state index in [1.165, 1.54) is 11.1 Å². The molecule has 5 heteroatoms. The minimum atomic E-state index is -0.490. The first-order valence-electron chi connectivity index (χ1n) is 10.3. The van der Waals surface area contributed by atoms with Crippen LogP contribution in [-0.4, -0.2) is 34.3 Å². The standard InChI is InChI=1S/C24H29N3O2/c1-24(2,3)26-22(28)21-13-17-9-5-7-11-19(17)15-27(21)23(29)20-12-16-8-4-6-10-18(16)14-25-20/h4-11,20-21,25H,12-15H2,1-3H3,(H,26,28)/t20?,21-/m0/s1. The molecule has 1 unspecified atom stereocenters. The third kappa shape index (κ3) is 4.20. The lowest BCUT2D eigenvalue weighted by Gasteiger charge is -2.40. The van der Waals surface area contributed by atoms with Crippen molar-refractivity contribution in [3.63, 3.8) is 0 Å². The first-order valence-corrected chi connectivity index (χ1v) is 10.3. The molecule has 0 fully saturated rings. The molecule has 2 N–H and O–H groups in total. The van der Waals surface area contributed by atoms with Gasteiger partial charge < -0.3 is 15.5 Å². The summed E-state index contributed by atoms with van der Waals surface area (Å²) in [6, 6.07) is 15.5. The summed E-state index contributed by atoms with van der Waals surface area (Å²) in [5.74, 6) is -0.0837. The van der Waals surface area contributed by atoms with E-state index in [1.54, 1.807) is 4.90 Å². The maximum atomic E-state index is 13.5. The van der Waals surface area contributed by atoms with Crippen molar-refractivity contribution in [2.45, 2.75) is 64.3 Å². The number of nitrogens with one attached hydrogen (secondary N) is 2. The lowest BCUT2D eigenvalue weighted by atomic mass is 9.90. The maximum Gasteiger partial charge on any atom is 0.243 e. The molecule has 4 rings (SSSR count). The van der Waals surface area contributed by atoms with E-state index in [0.717, 1.165) is 11.1 Å². The van der Waals surface area contributed by atoms with Crippen molar-refractivity contribution in [2.75, 3.05) is 0 Å². The summed E-state index contributed by atoms with van der Waals surface area (Å²) in [5.41, 5.74) is 4.37. The van der Waals surface area contributed by atoms with E-state index in [9.17, 15) is 9.59 Å². The second-order valence-electron chi connectivity index (χ2n) is 9.10. The molecular weight excluding hydrogens is 362 g/mol. The van der Waals surface area contributed by atoms with Crippen molar-refractivity contribution in [3.05, 3.63) is 70.8 Å². The van der Waals surface area contributed by atoms with Crippen molar-refractivity contribution in [2.24, 2.45) is 0 Å². The summed E-state index contributed by atoms with van der Waals surface area (Å²) >= 11 is 0. The number of hydrogen-bond acceptors (Lipinski definition) is 3. The molecule has 2 atom stereocenters. The normalized spacial score (nSPS) is 21.1. The van der Waals surface area contributed by atoms with Crippen LogP contribution in [0.3, 0.4) is 0 Å². The van der Waals surface area contributed by atoms with E-state index in [1.807, 2.05) is 45.0 Å². The van der Waals surface area contributed by atoms with E-state index in [0.29, 0.717) is 25.9 Å². The summed E-state index contributed by atoms with van der Waals surface area (Å²) in [4.78, 5) is 28.4. The van der Waals surface area contributed by atoms with Gasteiger partial charge in [-0.25, -0.2) is 0 Å². The summed E-state index contributed by atoms with van der Waals surface area (Å²) in [7, 11) is 0. The first kappa shape index (κ1) is 19.6. The number of carbonyl (C=O) groups is 2. The second kappa shape index (κ2) is 7.64. The number of benzene rings is 2. The zero-order valence-electron chi connectivity index (χ0n) is 17.4. The molecule has 2 aromatic carbocycles. The molecule has 2 heterocycles. The highest BCUT2D eigenvalue weighted by Crippen LogP contribution is 2.26. The van der Waals surface area contributed by atoms with Crippen LogP contribution in [0.15, 0.2) is 48.5 Å². The van der Waals surface area contributed by atoms with Crippen LogP contribution in [0, 0.1) is 0 Å². The predicted octanol–water partition coefficient (Wildman–Crippen LogP) is 2.57. The zero-order valence-corrected chi connectivity index (χ0v) is 17.4. The largest absolute Gasteiger partial charge is 0.350 e. The van der Waals surface area contributed by atoms with Crippen LogP contribution in [0.4, 0.5) is 0 Å². The van der Waals surface area contributed by atoms with Gasteiger partial charge >= 0.3 is 0 Å². The Morgan fingerprint density at radius 1 is 0.931 bits per heavy atom. The van der Waals surface area contributed by atoms with Crippen molar-refractivity contribution in [1.82, 2.24) is 15.5 Å². The van der Waals surface area contributed by atoms with Gasteiger partial charge in [0.05, 0.1) is 6.04 Å². The SMILES string of the molecule is CC(C)(C)NC(=O)[C@@H]1Cc2ccccc2CN1C(=O)C1Cc2ccccc2CN1. The highest BCUT2D eigenvalue weighted by atomic mass is 16.2. The second-order valence-corrected chi connectivity index (χ2v) is 9.10. The summed E-state index contributed by atoms with van der Waals surface area (Å²) < 4.78 is 0. The molecule has 2 aliphatic heterocycles. The van der Waals surface area contributed by atoms with E-state index < -0.39 is 6.04 Å². The quantitative estimate of drug-likeness (QED) is 0.827. The third-order valence-corrected chi connectivity index (χ3v) is 5.71. The van der Waals surface area contributed by atoms with Crippen LogP contribution in [0.1, 0.15) is 43.0 Å². The van der Waals surface area contributed by atoms with Gasteiger partial charge in [0, 0.05) is 25.0 Å². The molecule has 0 bridgehead atoms. The Kier molecular flexibility index (Phi) is 5.17. The predicted molar refractivity (Wildman–Crippen MR) is 113 cm³/mol. The molecule has 2 amide bonds.